The van der Waals surface area contributed by atoms with Gasteiger partial charge in [-0.3, -0.25) is 0 Å². The Bertz CT molecular complexity index is 521. The Morgan fingerprint density at radius 3 is 2.61 bits per heavy atom. The molecule has 1 aromatic rings. The molecule has 4 nitrogen and oxygen atoms in total. The minimum Gasteiger partial charge on any atom is -0.396 e. The molecule has 1 aromatic carbocycles. The number of benzene rings is 1. The number of hydrogen-bond donors (Lipinski definition) is 2. The van der Waals surface area contributed by atoms with Gasteiger partial charge in [-0.05, 0) is 31.0 Å². The van der Waals surface area contributed by atoms with E-state index in [1.165, 1.54) is 6.07 Å². The van der Waals surface area contributed by atoms with E-state index in [0.717, 1.165) is 12.1 Å². The van der Waals surface area contributed by atoms with Crippen molar-refractivity contribution >= 4 is 21.6 Å². The lowest BCUT2D eigenvalue weighted by molar-refractivity contribution is 0.216. The molecular formula is C11H15ClFNO3S. The molecular weight excluding hydrogens is 281 g/mol. The number of nitrogens with one attached hydrogen (secondary N) is 1. The summed E-state index contributed by atoms with van der Waals surface area (Å²) in [4.78, 5) is -0.304. The van der Waals surface area contributed by atoms with E-state index in [9.17, 15) is 12.8 Å². The molecule has 2 N–H and O–H groups in total. The highest BCUT2D eigenvalue weighted by Gasteiger charge is 2.23. The summed E-state index contributed by atoms with van der Waals surface area (Å²) in [5, 5.41) is 8.90. The highest BCUT2D eigenvalue weighted by molar-refractivity contribution is 7.89. The van der Waals surface area contributed by atoms with Crippen LogP contribution in [-0.2, 0) is 10.0 Å². The molecule has 7 heteroatoms. The summed E-state index contributed by atoms with van der Waals surface area (Å²) in [6, 6.07) is 2.65. The van der Waals surface area contributed by atoms with E-state index in [2.05, 4.69) is 4.72 Å². The number of sulfonamides is 1. The van der Waals surface area contributed by atoms with Gasteiger partial charge in [-0.2, -0.15) is 0 Å². The molecule has 0 saturated heterocycles. The highest BCUT2D eigenvalue weighted by Crippen LogP contribution is 2.22. The Morgan fingerprint density at radius 2 is 2.06 bits per heavy atom. The van der Waals surface area contributed by atoms with Crippen LogP contribution in [0.2, 0.25) is 5.02 Å². The van der Waals surface area contributed by atoms with Crippen LogP contribution in [0.25, 0.3) is 0 Å². The van der Waals surface area contributed by atoms with Gasteiger partial charge in [-0.15, -0.1) is 0 Å². The molecule has 0 bridgehead atoms. The van der Waals surface area contributed by atoms with Crippen molar-refractivity contribution in [1.82, 2.24) is 4.72 Å². The average molecular weight is 296 g/mol. The summed E-state index contributed by atoms with van der Waals surface area (Å²) < 4.78 is 39.4. The molecule has 1 rings (SSSR count). The lowest BCUT2D eigenvalue weighted by Crippen LogP contribution is -2.38. The average Bonchev–Trinajstić information content (AvgIpc) is 2.30. The van der Waals surface area contributed by atoms with Crippen molar-refractivity contribution in [1.29, 1.82) is 0 Å². The normalized spacial score (nSPS) is 15.4. The van der Waals surface area contributed by atoms with Gasteiger partial charge in [-0.25, -0.2) is 17.5 Å². The van der Waals surface area contributed by atoms with Crippen molar-refractivity contribution in [3.63, 3.8) is 0 Å². The van der Waals surface area contributed by atoms with Crippen LogP contribution in [0.3, 0.4) is 0 Å². The van der Waals surface area contributed by atoms with Crippen LogP contribution < -0.4 is 4.72 Å². The van der Waals surface area contributed by atoms with E-state index in [1.807, 2.05) is 0 Å². The molecule has 0 aromatic heterocycles. The zero-order valence-electron chi connectivity index (χ0n) is 10.0. The van der Waals surface area contributed by atoms with Crippen molar-refractivity contribution < 1.29 is 17.9 Å². The van der Waals surface area contributed by atoms with Gasteiger partial charge in [0.25, 0.3) is 0 Å². The van der Waals surface area contributed by atoms with E-state index in [4.69, 9.17) is 16.7 Å². The van der Waals surface area contributed by atoms with Crippen LogP contribution in [0, 0.1) is 11.7 Å². The maximum atomic E-state index is 13.0. The van der Waals surface area contributed by atoms with Gasteiger partial charge >= 0.3 is 0 Å². The van der Waals surface area contributed by atoms with Crippen LogP contribution in [-0.4, -0.2) is 26.2 Å². The lowest BCUT2D eigenvalue weighted by Gasteiger charge is -2.19. The molecule has 0 aliphatic carbocycles. The van der Waals surface area contributed by atoms with Gasteiger partial charge in [0.1, 0.15) is 10.7 Å². The van der Waals surface area contributed by atoms with Crippen molar-refractivity contribution in [2.75, 3.05) is 6.61 Å². The van der Waals surface area contributed by atoms with Crippen LogP contribution in [0.4, 0.5) is 4.39 Å². The third kappa shape index (κ3) is 3.65. The van der Waals surface area contributed by atoms with Gasteiger partial charge in [0.05, 0.1) is 5.02 Å². The minimum absolute atomic E-state index is 0.0484. The summed E-state index contributed by atoms with van der Waals surface area (Å²) >= 11 is 5.74. The third-order valence-electron chi connectivity index (χ3n) is 2.67. The van der Waals surface area contributed by atoms with E-state index < -0.39 is 21.9 Å². The van der Waals surface area contributed by atoms with E-state index in [1.54, 1.807) is 13.8 Å². The Morgan fingerprint density at radius 1 is 1.44 bits per heavy atom. The van der Waals surface area contributed by atoms with Crippen LogP contribution in [0.5, 0.6) is 0 Å². The van der Waals surface area contributed by atoms with Crippen molar-refractivity contribution in [2.24, 2.45) is 5.92 Å². The first-order chi connectivity index (χ1) is 8.27. The molecule has 0 fully saturated rings. The van der Waals surface area contributed by atoms with Gasteiger partial charge in [-0.1, -0.05) is 18.5 Å². The number of aliphatic hydroxyl groups is 1. The Kier molecular flexibility index (Phi) is 5.10. The van der Waals surface area contributed by atoms with Crippen molar-refractivity contribution in [3.8, 4) is 0 Å². The van der Waals surface area contributed by atoms with E-state index in [-0.39, 0.29) is 22.4 Å². The zero-order valence-corrected chi connectivity index (χ0v) is 11.6. The Balaban J connectivity index is 3.03. The molecule has 0 heterocycles. The molecule has 2 unspecified atom stereocenters. The third-order valence-corrected chi connectivity index (χ3v) is 4.71. The molecule has 0 aliphatic heterocycles. The molecule has 0 saturated carbocycles. The molecule has 102 valence electrons. The quantitative estimate of drug-likeness (QED) is 0.870. The molecule has 0 radical (unpaired) electrons. The predicted octanol–water partition coefficient (Wildman–Crippen LogP) is 1.77. The minimum atomic E-state index is -3.90. The van der Waals surface area contributed by atoms with Gasteiger partial charge in [0, 0.05) is 12.6 Å². The van der Waals surface area contributed by atoms with Crippen LogP contribution >= 0.6 is 11.6 Å². The van der Waals surface area contributed by atoms with Crippen LogP contribution in [0.1, 0.15) is 13.8 Å². The Hall–Kier alpha value is -0.690. The number of halogens is 2. The second kappa shape index (κ2) is 5.97. The number of hydrogen-bond acceptors (Lipinski definition) is 3. The van der Waals surface area contributed by atoms with Crippen LogP contribution in [0.15, 0.2) is 23.1 Å². The summed E-state index contributed by atoms with van der Waals surface area (Å²) in [5.74, 6) is -0.935. The standard InChI is InChI=1S/C11H15ClFNO3S/c1-7(6-15)8(2)14-18(16,17)11-5-9(13)3-4-10(11)12/h3-5,7-8,14-15H,6H2,1-2H3. The SMILES string of the molecule is CC(CO)C(C)NS(=O)(=O)c1cc(F)ccc1Cl. The first kappa shape index (κ1) is 15.4. The first-order valence-electron chi connectivity index (χ1n) is 5.36. The van der Waals surface area contributed by atoms with Gasteiger partial charge in [0.2, 0.25) is 10.0 Å². The second-order valence-corrected chi connectivity index (χ2v) is 6.23. The molecule has 18 heavy (non-hydrogen) atoms. The predicted molar refractivity (Wildman–Crippen MR) is 67.4 cm³/mol. The number of aliphatic hydroxyl groups excluding tert-OH is 1. The first-order valence-corrected chi connectivity index (χ1v) is 7.22. The van der Waals surface area contributed by atoms with E-state index >= 15 is 0 Å². The lowest BCUT2D eigenvalue weighted by atomic mass is 10.1. The Labute approximate surface area is 111 Å². The molecule has 2 atom stereocenters. The summed E-state index contributed by atoms with van der Waals surface area (Å²) in [7, 11) is -3.90. The highest BCUT2D eigenvalue weighted by atomic mass is 35.5. The van der Waals surface area contributed by atoms with E-state index in [0.29, 0.717) is 0 Å². The van der Waals surface area contributed by atoms with Gasteiger partial charge in [0.15, 0.2) is 0 Å². The van der Waals surface area contributed by atoms with Crippen molar-refractivity contribution in [3.05, 3.63) is 29.0 Å². The maximum Gasteiger partial charge on any atom is 0.242 e. The fraction of sp³-hybridized carbons (Fsp3) is 0.455. The summed E-state index contributed by atoms with van der Waals surface area (Å²) in [6.07, 6.45) is 0. The smallest absolute Gasteiger partial charge is 0.242 e. The summed E-state index contributed by atoms with van der Waals surface area (Å²) in [5.41, 5.74) is 0. The molecule has 0 aliphatic rings. The fourth-order valence-electron chi connectivity index (χ4n) is 1.27. The summed E-state index contributed by atoms with van der Waals surface area (Å²) in [6.45, 7) is 3.16. The fourth-order valence-corrected chi connectivity index (χ4v) is 3.13. The topological polar surface area (TPSA) is 66.4 Å². The van der Waals surface area contributed by atoms with Gasteiger partial charge < -0.3 is 5.11 Å². The maximum absolute atomic E-state index is 13.0. The second-order valence-electron chi connectivity index (χ2n) is 4.14. The monoisotopic (exact) mass is 295 g/mol. The molecule has 0 amide bonds. The molecule has 0 spiro atoms. The van der Waals surface area contributed by atoms with Crippen molar-refractivity contribution in [2.45, 2.75) is 24.8 Å². The largest absolute Gasteiger partial charge is 0.396 e. The number of rotatable bonds is 5. The zero-order chi connectivity index (χ0) is 13.9.